The zero-order valence-corrected chi connectivity index (χ0v) is 14.4. The molecule has 0 aliphatic rings. The lowest BCUT2D eigenvalue weighted by Crippen LogP contribution is -1.99. The van der Waals surface area contributed by atoms with E-state index in [9.17, 15) is 0 Å². The van der Waals surface area contributed by atoms with Gasteiger partial charge in [0.15, 0.2) is 0 Å². The van der Waals surface area contributed by atoms with Gasteiger partial charge in [-0.1, -0.05) is 17.7 Å². The van der Waals surface area contributed by atoms with Gasteiger partial charge < -0.3 is 0 Å². The first-order valence-electron chi connectivity index (χ1n) is 6.09. The minimum absolute atomic E-state index is 0.358. The Kier molecular flexibility index (Phi) is 3.93. The number of aryl methyl sites for hydroxylation is 1. The van der Waals surface area contributed by atoms with Crippen molar-refractivity contribution in [3.8, 4) is 5.69 Å². The van der Waals surface area contributed by atoms with Crippen LogP contribution in [0.3, 0.4) is 0 Å². The summed E-state index contributed by atoms with van der Waals surface area (Å²) in [5.74, 6) is 1.18. The molecule has 0 N–H and O–H groups in total. The minimum atomic E-state index is 0.358. The molecule has 3 aromatic rings. The highest BCUT2D eigenvalue weighted by Crippen LogP contribution is 2.27. The lowest BCUT2D eigenvalue weighted by Gasteiger charge is -2.09. The third-order valence-corrected chi connectivity index (χ3v) is 4.54. The molecule has 0 atom stereocenters. The number of hydrogen-bond acceptors (Lipinski definition) is 1. The van der Waals surface area contributed by atoms with E-state index in [4.69, 9.17) is 23.2 Å². The van der Waals surface area contributed by atoms with Gasteiger partial charge in [0.2, 0.25) is 0 Å². The van der Waals surface area contributed by atoms with Gasteiger partial charge >= 0.3 is 0 Å². The second-order valence-corrected chi connectivity index (χ2v) is 6.48. The maximum Gasteiger partial charge on any atom is 0.129 e. The number of halogens is 3. The monoisotopic (exact) mass is 416 g/mol. The lowest BCUT2D eigenvalue weighted by atomic mass is 10.2. The van der Waals surface area contributed by atoms with Crippen molar-refractivity contribution < 1.29 is 0 Å². The topological polar surface area (TPSA) is 17.8 Å². The zero-order chi connectivity index (χ0) is 14.3. The Morgan fingerprint density at radius 3 is 2.70 bits per heavy atom. The van der Waals surface area contributed by atoms with Crippen molar-refractivity contribution in [3.63, 3.8) is 0 Å². The van der Waals surface area contributed by atoms with E-state index in [0.29, 0.717) is 5.88 Å². The molecule has 0 saturated carbocycles. The Bertz CT molecular complexity index is 796. The second-order valence-electron chi connectivity index (χ2n) is 4.56. The highest BCUT2D eigenvalue weighted by atomic mass is 127. The molecule has 1 heterocycles. The standard InChI is InChI=1S/C15H11Cl2IN2/c1-9-2-4-11(7-12(9)17)20-14-5-3-10(18)6-13(14)19-15(20)8-16/h2-7H,8H2,1H3. The fourth-order valence-corrected chi connectivity index (χ4v) is 3.03. The first-order chi connectivity index (χ1) is 9.60. The van der Waals surface area contributed by atoms with Crippen LogP contribution in [0.25, 0.3) is 16.7 Å². The smallest absolute Gasteiger partial charge is 0.129 e. The van der Waals surface area contributed by atoms with E-state index in [1.165, 1.54) is 0 Å². The van der Waals surface area contributed by atoms with E-state index in [1.807, 2.05) is 25.1 Å². The van der Waals surface area contributed by atoms with Crippen LogP contribution < -0.4 is 0 Å². The molecule has 102 valence electrons. The summed E-state index contributed by atoms with van der Waals surface area (Å²) in [7, 11) is 0. The maximum absolute atomic E-state index is 6.23. The molecule has 0 radical (unpaired) electrons. The summed E-state index contributed by atoms with van der Waals surface area (Å²) in [6.45, 7) is 1.99. The number of hydrogen-bond donors (Lipinski definition) is 0. The number of nitrogens with zero attached hydrogens (tertiary/aromatic N) is 2. The molecule has 2 nitrogen and oxygen atoms in total. The molecule has 5 heteroatoms. The van der Waals surface area contributed by atoms with Crippen molar-refractivity contribution in [2.24, 2.45) is 0 Å². The molecule has 0 spiro atoms. The number of alkyl halides is 1. The summed E-state index contributed by atoms with van der Waals surface area (Å²) in [5.41, 5.74) is 4.03. The Morgan fingerprint density at radius 1 is 1.20 bits per heavy atom. The molecule has 0 amide bonds. The van der Waals surface area contributed by atoms with Crippen molar-refractivity contribution in [1.82, 2.24) is 9.55 Å². The summed E-state index contributed by atoms with van der Waals surface area (Å²) in [4.78, 5) is 4.60. The zero-order valence-electron chi connectivity index (χ0n) is 10.7. The Morgan fingerprint density at radius 2 is 2.00 bits per heavy atom. The van der Waals surface area contributed by atoms with E-state index in [1.54, 1.807) is 0 Å². The fraction of sp³-hybridized carbons (Fsp3) is 0.133. The predicted molar refractivity (Wildman–Crippen MR) is 93.1 cm³/mol. The highest BCUT2D eigenvalue weighted by molar-refractivity contribution is 14.1. The summed E-state index contributed by atoms with van der Waals surface area (Å²) >= 11 is 14.6. The third kappa shape index (κ3) is 2.43. The molecule has 2 aromatic carbocycles. The Labute approximate surface area is 140 Å². The van der Waals surface area contributed by atoms with Crippen molar-refractivity contribution >= 4 is 56.8 Å². The molecule has 3 rings (SSSR count). The largest absolute Gasteiger partial charge is 0.295 e. The van der Waals surface area contributed by atoms with Crippen LogP contribution in [0.4, 0.5) is 0 Å². The van der Waals surface area contributed by atoms with E-state index >= 15 is 0 Å². The summed E-state index contributed by atoms with van der Waals surface area (Å²) < 4.78 is 3.21. The third-order valence-electron chi connectivity index (χ3n) is 3.22. The number of benzene rings is 2. The van der Waals surface area contributed by atoms with Crippen LogP contribution in [-0.2, 0) is 5.88 Å². The van der Waals surface area contributed by atoms with Gasteiger partial charge in [0.05, 0.1) is 16.9 Å². The first-order valence-corrected chi connectivity index (χ1v) is 8.08. The first kappa shape index (κ1) is 14.2. The molecule has 0 saturated heterocycles. The Hall–Kier alpha value is -0.780. The SMILES string of the molecule is Cc1ccc(-n2c(CCl)nc3cc(I)ccc32)cc1Cl. The second kappa shape index (κ2) is 5.54. The molecule has 20 heavy (non-hydrogen) atoms. The number of imidazole rings is 1. The van der Waals surface area contributed by atoms with Gasteiger partial charge in [-0.3, -0.25) is 4.57 Å². The quantitative estimate of drug-likeness (QED) is 0.407. The molecule has 0 unspecified atom stereocenters. The van der Waals surface area contributed by atoms with Crippen molar-refractivity contribution in [2.75, 3.05) is 0 Å². The number of fused-ring (bicyclic) bond motifs is 1. The van der Waals surface area contributed by atoms with Gasteiger partial charge in [0.1, 0.15) is 5.82 Å². The molecule has 0 fully saturated rings. The van der Waals surface area contributed by atoms with E-state index < -0.39 is 0 Å². The van der Waals surface area contributed by atoms with Crippen LogP contribution in [0, 0.1) is 10.5 Å². The van der Waals surface area contributed by atoms with Gasteiger partial charge in [-0.2, -0.15) is 0 Å². The highest BCUT2D eigenvalue weighted by Gasteiger charge is 2.12. The molecule has 0 bridgehead atoms. The van der Waals surface area contributed by atoms with Crippen LogP contribution in [-0.4, -0.2) is 9.55 Å². The predicted octanol–water partition coefficient (Wildman–Crippen LogP) is 5.33. The fourth-order valence-electron chi connectivity index (χ4n) is 2.20. The minimum Gasteiger partial charge on any atom is -0.295 e. The van der Waals surface area contributed by atoms with Gasteiger partial charge in [-0.05, 0) is 65.4 Å². The van der Waals surface area contributed by atoms with Crippen molar-refractivity contribution in [2.45, 2.75) is 12.8 Å². The van der Waals surface area contributed by atoms with Crippen LogP contribution in [0.15, 0.2) is 36.4 Å². The van der Waals surface area contributed by atoms with Crippen LogP contribution in [0.5, 0.6) is 0 Å². The molecule has 0 aliphatic carbocycles. The average molecular weight is 417 g/mol. The molecule has 1 aromatic heterocycles. The summed E-state index contributed by atoms with van der Waals surface area (Å²) in [6.07, 6.45) is 0. The molecular weight excluding hydrogens is 406 g/mol. The summed E-state index contributed by atoms with van der Waals surface area (Å²) in [5, 5.41) is 0.746. The van der Waals surface area contributed by atoms with Crippen molar-refractivity contribution in [3.05, 3.63) is 56.4 Å². The van der Waals surface area contributed by atoms with Gasteiger partial charge in [-0.25, -0.2) is 4.98 Å². The van der Waals surface area contributed by atoms with E-state index in [0.717, 1.165) is 36.7 Å². The van der Waals surface area contributed by atoms with E-state index in [-0.39, 0.29) is 0 Å². The van der Waals surface area contributed by atoms with E-state index in [2.05, 4.69) is 50.3 Å². The lowest BCUT2D eigenvalue weighted by molar-refractivity contribution is 0.981. The van der Waals surface area contributed by atoms with Gasteiger partial charge in [0.25, 0.3) is 0 Å². The van der Waals surface area contributed by atoms with Crippen LogP contribution >= 0.6 is 45.8 Å². The normalized spacial score (nSPS) is 11.2. The van der Waals surface area contributed by atoms with Crippen LogP contribution in [0.1, 0.15) is 11.4 Å². The van der Waals surface area contributed by atoms with Crippen LogP contribution in [0.2, 0.25) is 5.02 Å². The van der Waals surface area contributed by atoms with Gasteiger partial charge in [-0.15, -0.1) is 11.6 Å². The molecular formula is C15H11Cl2IN2. The Balaban J connectivity index is 2.30. The number of aromatic nitrogens is 2. The maximum atomic E-state index is 6.23. The number of rotatable bonds is 2. The van der Waals surface area contributed by atoms with Gasteiger partial charge in [0, 0.05) is 14.3 Å². The molecule has 0 aliphatic heterocycles. The average Bonchev–Trinajstić information content (AvgIpc) is 2.79. The summed E-state index contributed by atoms with van der Waals surface area (Å²) in [6, 6.07) is 12.2. The van der Waals surface area contributed by atoms with Crippen molar-refractivity contribution in [1.29, 1.82) is 0 Å².